The summed E-state index contributed by atoms with van der Waals surface area (Å²) in [5.41, 5.74) is 0. The molecule has 14 heteroatoms. The number of rotatable bonds is 15. The molecule has 2 heterocycles. The van der Waals surface area contributed by atoms with E-state index in [9.17, 15) is 40.2 Å². The van der Waals surface area contributed by atoms with Crippen LogP contribution < -0.4 is 5.32 Å². The lowest BCUT2D eigenvalue weighted by molar-refractivity contribution is -0.344. The van der Waals surface area contributed by atoms with Crippen molar-refractivity contribution in [1.82, 2.24) is 5.32 Å². The largest absolute Gasteiger partial charge is 0.481 e. The molecule has 2 fully saturated rings. The molecule has 216 valence electrons. The van der Waals surface area contributed by atoms with Crippen molar-refractivity contribution in [3.63, 3.8) is 0 Å². The zero-order valence-electron chi connectivity index (χ0n) is 20.9. The van der Waals surface area contributed by atoms with Crippen LogP contribution in [0.25, 0.3) is 0 Å². The standard InChI is InChI=1S/C23H41NO13/c1-12(27)24-16-21(37-23-20(33)19(32)17(30)13(10-25)36-23)18(31)14(11-26)35-22(16)34-9-7-5-3-2-4-6-8-15(28)29/h13-14,16-23,25-26,30-33H,2-11H2,1H3,(H,24,27)(H,28,29)/t13-,14-,16-,17+,18+,19+,20-,21-,22+,23+/m1/s1. The van der Waals surface area contributed by atoms with Gasteiger partial charge < -0.3 is 60.0 Å². The molecule has 1 amide bonds. The number of ether oxygens (including phenoxy) is 4. The van der Waals surface area contributed by atoms with Crippen LogP contribution in [0.5, 0.6) is 0 Å². The summed E-state index contributed by atoms with van der Waals surface area (Å²) < 4.78 is 22.6. The predicted molar refractivity (Wildman–Crippen MR) is 124 cm³/mol. The highest BCUT2D eigenvalue weighted by Gasteiger charge is 2.51. The average molecular weight is 540 g/mol. The Hall–Kier alpha value is -1.46. The maximum atomic E-state index is 11.9. The van der Waals surface area contributed by atoms with Gasteiger partial charge in [0.15, 0.2) is 12.6 Å². The van der Waals surface area contributed by atoms with Gasteiger partial charge in [-0.1, -0.05) is 25.7 Å². The van der Waals surface area contributed by atoms with Gasteiger partial charge in [-0.05, 0) is 12.8 Å². The van der Waals surface area contributed by atoms with Crippen LogP contribution in [0.3, 0.4) is 0 Å². The quantitative estimate of drug-likeness (QED) is 0.102. The number of amides is 1. The molecule has 37 heavy (non-hydrogen) atoms. The molecule has 0 aromatic carbocycles. The number of hydrogen-bond acceptors (Lipinski definition) is 12. The number of carbonyl (C=O) groups is 2. The van der Waals surface area contributed by atoms with Crippen LogP contribution in [0.2, 0.25) is 0 Å². The van der Waals surface area contributed by atoms with Crippen LogP contribution in [0.1, 0.15) is 51.9 Å². The fraction of sp³-hybridized carbons (Fsp3) is 0.913. The molecule has 0 saturated carbocycles. The van der Waals surface area contributed by atoms with Crippen molar-refractivity contribution in [3.8, 4) is 0 Å². The number of carboxylic acid groups (broad SMARTS) is 1. The van der Waals surface area contributed by atoms with Crippen LogP contribution in [0, 0.1) is 0 Å². The second kappa shape index (κ2) is 15.8. The summed E-state index contributed by atoms with van der Waals surface area (Å²) in [5, 5.41) is 71.6. The minimum atomic E-state index is -1.74. The molecule has 0 spiro atoms. The molecule has 0 aliphatic carbocycles. The third kappa shape index (κ3) is 9.35. The van der Waals surface area contributed by atoms with Gasteiger partial charge in [-0.2, -0.15) is 0 Å². The Morgan fingerprint density at radius 1 is 0.784 bits per heavy atom. The summed E-state index contributed by atoms with van der Waals surface area (Å²) in [4.78, 5) is 22.5. The molecule has 14 nitrogen and oxygen atoms in total. The molecule has 10 atom stereocenters. The van der Waals surface area contributed by atoms with Crippen molar-refractivity contribution in [2.75, 3.05) is 19.8 Å². The number of carboxylic acids is 1. The maximum Gasteiger partial charge on any atom is 0.303 e. The first-order chi connectivity index (χ1) is 17.6. The van der Waals surface area contributed by atoms with Crippen LogP contribution in [-0.2, 0) is 28.5 Å². The minimum absolute atomic E-state index is 0.150. The van der Waals surface area contributed by atoms with Gasteiger partial charge in [0.2, 0.25) is 5.91 Å². The SMILES string of the molecule is CC(=O)N[C@H]1[C@@H](OCCCCCCCCC(=O)O)O[C@H](CO)[C@H](O)[C@@H]1O[C@@H]1O[C@H](CO)[C@H](O)[C@H](O)[C@H]1O. The lowest BCUT2D eigenvalue weighted by Gasteiger charge is -2.47. The van der Waals surface area contributed by atoms with Gasteiger partial charge >= 0.3 is 5.97 Å². The van der Waals surface area contributed by atoms with Crippen molar-refractivity contribution < 1.29 is 64.3 Å². The van der Waals surface area contributed by atoms with Crippen LogP contribution >= 0.6 is 0 Å². The Bertz CT molecular complexity index is 696. The van der Waals surface area contributed by atoms with E-state index < -0.39 is 86.4 Å². The third-order valence-corrected chi connectivity index (χ3v) is 6.43. The highest BCUT2D eigenvalue weighted by molar-refractivity contribution is 5.73. The smallest absolute Gasteiger partial charge is 0.303 e. The van der Waals surface area contributed by atoms with Crippen molar-refractivity contribution in [2.45, 2.75) is 113 Å². The van der Waals surface area contributed by atoms with Gasteiger partial charge in [0.25, 0.3) is 0 Å². The van der Waals surface area contributed by atoms with Gasteiger partial charge in [0.05, 0.1) is 13.2 Å². The van der Waals surface area contributed by atoms with E-state index >= 15 is 0 Å². The number of nitrogens with one attached hydrogen (secondary N) is 1. The molecule has 0 aromatic heterocycles. The molecule has 0 unspecified atom stereocenters. The molecule has 2 aliphatic rings. The maximum absolute atomic E-state index is 11.9. The average Bonchev–Trinajstić information content (AvgIpc) is 2.85. The normalized spacial score (nSPS) is 36.3. The molecule has 2 saturated heterocycles. The predicted octanol–water partition coefficient (Wildman–Crippen LogP) is -2.41. The lowest BCUT2D eigenvalue weighted by atomic mass is 9.95. The summed E-state index contributed by atoms with van der Waals surface area (Å²) >= 11 is 0. The van der Waals surface area contributed by atoms with E-state index in [0.29, 0.717) is 12.8 Å². The number of unbranched alkanes of at least 4 members (excludes halogenated alkanes) is 5. The van der Waals surface area contributed by atoms with Crippen molar-refractivity contribution in [2.24, 2.45) is 0 Å². The summed E-state index contributed by atoms with van der Waals surface area (Å²) in [7, 11) is 0. The van der Waals surface area contributed by atoms with E-state index in [1.807, 2.05) is 0 Å². The number of hydrogen-bond donors (Lipinski definition) is 8. The zero-order valence-corrected chi connectivity index (χ0v) is 20.9. The molecular weight excluding hydrogens is 498 g/mol. The molecule has 0 bridgehead atoms. The van der Waals surface area contributed by atoms with E-state index in [-0.39, 0.29) is 13.0 Å². The van der Waals surface area contributed by atoms with Crippen molar-refractivity contribution >= 4 is 11.9 Å². The van der Waals surface area contributed by atoms with E-state index in [0.717, 1.165) is 25.7 Å². The first-order valence-corrected chi connectivity index (χ1v) is 12.6. The Balaban J connectivity index is 2.01. The van der Waals surface area contributed by atoms with E-state index in [4.69, 9.17) is 24.1 Å². The van der Waals surface area contributed by atoms with Gasteiger partial charge in [0, 0.05) is 20.0 Å². The number of aliphatic hydroxyl groups is 6. The van der Waals surface area contributed by atoms with Crippen LogP contribution in [0.4, 0.5) is 0 Å². The summed E-state index contributed by atoms with van der Waals surface area (Å²) in [6.07, 6.45) is -8.24. The van der Waals surface area contributed by atoms with E-state index in [1.165, 1.54) is 6.92 Å². The Morgan fingerprint density at radius 2 is 1.35 bits per heavy atom. The fourth-order valence-corrected chi connectivity index (χ4v) is 4.38. The van der Waals surface area contributed by atoms with E-state index in [2.05, 4.69) is 5.32 Å². The first-order valence-electron chi connectivity index (χ1n) is 12.6. The highest BCUT2D eigenvalue weighted by Crippen LogP contribution is 2.30. The van der Waals surface area contributed by atoms with Gasteiger partial charge in [0.1, 0.15) is 48.8 Å². The first kappa shape index (κ1) is 31.8. The lowest BCUT2D eigenvalue weighted by Crippen LogP contribution is -2.68. The molecule has 2 rings (SSSR count). The molecular formula is C23H41NO13. The molecule has 2 aliphatic heterocycles. The third-order valence-electron chi connectivity index (χ3n) is 6.43. The second-order valence-electron chi connectivity index (χ2n) is 9.38. The van der Waals surface area contributed by atoms with Crippen molar-refractivity contribution in [1.29, 1.82) is 0 Å². The minimum Gasteiger partial charge on any atom is -0.481 e. The number of aliphatic carboxylic acids is 1. The number of carbonyl (C=O) groups excluding carboxylic acids is 1. The van der Waals surface area contributed by atoms with E-state index in [1.54, 1.807) is 0 Å². The van der Waals surface area contributed by atoms with Gasteiger partial charge in [-0.3, -0.25) is 9.59 Å². The number of aliphatic hydroxyl groups excluding tert-OH is 6. The summed E-state index contributed by atoms with van der Waals surface area (Å²) in [6, 6.07) is -1.10. The molecule has 0 radical (unpaired) electrons. The monoisotopic (exact) mass is 539 g/mol. The molecule has 8 N–H and O–H groups in total. The summed E-state index contributed by atoms with van der Waals surface area (Å²) in [5.74, 6) is -1.31. The fourth-order valence-electron chi connectivity index (χ4n) is 4.38. The van der Waals surface area contributed by atoms with Crippen molar-refractivity contribution in [3.05, 3.63) is 0 Å². The van der Waals surface area contributed by atoms with Gasteiger partial charge in [-0.25, -0.2) is 0 Å². The van der Waals surface area contributed by atoms with Crippen LogP contribution in [0.15, 0.2) is 0 Å². The Morgan fingerprint density at radius 3 is 1.95 bits per heavy atom. The topological polar surface area (TPSA) is 225 Å². The Labute approximate surface area is 215 Å². The highest BCUT2D eigenvalue weighted by atomic mass is 16.7. The van der Waals surface area contributed by atoms with Gasteiger partial charge in [-0.15, -0.1) is 0 Å². The second-order valence-corrected chi connectivity index (χ2v) is 9.38. The zero-order chi connectivity index (χ0) is 27.5. The Kier molecular flexibility index (Phi) is 13.6. The van der Waals surface area contributed by atoms with Crippen LogP contribution in [-0.4, -0.2) is 129 Å². The summed E-state index contributed by atoms with van der Waals surface area (Å²) in [6.45, 7) is 0.160. The molecule has 0 aromatic rings.